The van der Waals surface area contributed by atoms with E-state index >= 15 is 0 Å². The molecular formula is C43H41F6N3O. The Morgan fingerprint density at radius 1 is 0.509 bits per heavy atom. The molecule has 1 fully saturated rings. The van der Waals surface area contributed by atoms with Gasteiger partial charge in [0.2, 0.25) is 5.91 Å². The molecule has 1 aliphatic heterocycles. The summed E-state index contributed by atoms with van der Waals surface area (Å²) in [5.41, 5.74) is 0.838. The van der Waals surface area contributed by atoms with Crippen LogP contribution < -0.4 is 14.7 Å². The molecule has 1 aliphatic rings. The number of β-lactam (4-membered cyclic amide) rings is 1. The molecule has 1 saturated heterocycles. The van der Waals surface area contributed by atoms with Crippen molar-refractivity contribution in [2.24, 2.45) is 0 Å². The van der Waals surface area contributed by atoms with Crippen LogP contribution in [0.1, 0.15) is 70.2 Å². The number of para-hydroxylation sites is 2. The van der Waals surface area contributed by atoms with Gasteiger partial charge in [0.05, 0.1) is 33.9 Å². The third kappa shape index (κ3) is 7.77. The Hall–Kier alpha value is -5.25. The highest BCUT2D eigenvalue weighted by atomic mass is 19.4. The molecule has 4 nitrogen and oxygen atoms in total. The molecule has 1 heterocycles. The van der Waals surface area contributed by atoms with Gasteiger partial charge in [0.25, 0.3) is 0 Å². The molecule has 5 aromatic carbocycles. The SMILES string of the molecule is CC(C)(C)c1ccc(N(c2cc(N3CCC3=O)cc(N(c3ccc(C(C)(C)C)cc3)c3ccccc3C(F)(F)F)c2)c2ccccc2C(F)(F)F)cc1. The molecule has 0 unspecified atom stereocenters. The van der Waals surface area contributed by atoms with E-state index in [1.54, 1.807) is 42.5 Å². The van der Waals surface area contributed by atoms with Crippen LogP contribution in [-0.2, 0) is 28.0 Å². The van der Waals surface area contributed by atoms with Crippen molar-refractivity contribution >= 4 is 45.7 Å². The molecule has 0 radical (unpaired) electrons. The maximum atomic E-state index is 14.7. The van der Waals surface area contributed by atoms with E-state index in [9.17, 15) is 31.1 Å². The Balaban J connectivity index is 1.67. The largest absolute Gasteiger partial charge is 0.418 e. The molecule has 53 heavy (non-hydrogen) atoms. The van der Waals surface area contributed by atoms with Crippen LogP contribution >= 0.6 is 0 Å². The third-order valence-electron chi connectivity index (χ3n) is 9.45. The maximum absolute atomic E-state index is 14.7. The molecule has 0 atom stereocenters. The normalized spacial score (nSPS) is 13.9. The summed E-state index contributed by atoms with van der Waals surface area (Å²) in [6.45, 7) is 12.5. The first-order valence-electron chi connectivity index (χ1n) is 17.3. The highest BCUT2D eigenvalue weighted by Gasteiger charge is 2.38. The summed E-state index contributed by atoms with van der Waals surface area (Å²) in [4.78, 5) is 17.3. The lowest BCUT2D eigenvalue weighted by atomic mass is 9.87. The lowest BCUT2D eigenvalue weighted by Crippen LogP contribution is -2.43. The second-order valence-corrected chi connectivity index (χ2v) is 15.3. The fraction of sp³-hybridized carbons (Fsp3) is 0.279. The quantitative estimate of drug-likeness (QED) is 0.123. The van der Waals surface area contributed by atoms with Gasteiger partial charge in [-0.05, 0) is 88.7 Å². The number of benzene rings is 5. The minimum Gasteiger partial charge on any atom is -0.312 e. The minimum absolute atomic E-state index is 0.182. The van der Waals surface area contributed by atoms with Gasteiger partial charge < -0.3 is 14.7 Å². The van der Waals surface area contributed by atoms with Crippen molar-refractivity contribution in [2.75, 3.05) is 21.2 Å². The monoisotopic (exact) mass is 729 g/mol. The summed E-state index contributed by atoms with van der Waals surface area (Å²) in [6.07, 6.45) is -9.20. The van der Waals surface area contributed by atoms with Gasteiger partial charge in [-0.3, -0.25) is 4.79 Å². The van der Waals surface area contributed by atoms with E-state index in [1.165, 1.54) is 51.1 Å². The van der Waals surface area contributed by atoms with Crippen molar-refractivity contribution in [3.8, 4) is 0 Å². The molecule has 0 bridgehead atoms. The predicted molar refractivity (Wildman–Crippen MR) is 200 cm³/mol. The van der Waals surface area contributed by atoms with Gasteiger partial charge >= 0.3 is 12.4 Å². The number of amides is 1. The van der Waals surface area contributed by atoms with E-state index in [2.05, 4.69) is 0 Å². The number of halogens is 6. The molecule has 0 aromatic heterocycles. The summed E-state index contributed by atoms with van der Waals surface area (Å²) >= 11 is 0. The minimum atomic E-state index is -4.74. The van der Waals surface area contributed by atoms with E-state index in [0.29, 0.717) is 23.6 Å². The van der Waals surface area contributed by atoms with Crippen LogP contribution in [0, 0.1) is 0 Å². The zero-order valence-corrected chi connectivity index (χ0v) is 30.4. The van der Waals surface area contributed by atoms with Crippen LogP contribution in [-0.4, -0.2) is 12.5 Å². The third-order valence-corrected chi connectivity index (χ3v) is 9.45. The van der Waals surface area contributed by atoms with Crippen molar-refractivity contribution in [3.05, 3.63) is 138 Å². The Kier molecular flexibility index (Phi) is 9.64. The summed E-state index contributed by atoms with van der Waals surface area (Å²) in [6, 6.07) is 29.5. The zero-order chi connectivity index (χ0) is 38.5. The summed E-state index contributed by atoms with van der Waals surface area (Å²) in [5.74, 6) is -0.207. The van der Waals surface area contributed by atoms with Crippen LogP contribution in [0.2, 0.25) is 0 Å². The first-order chi connectivity index (χ1) is 24.7. The Labute approximate surface area is 306 Å². The van der Waals surface area contributed by atoms with E-state index in [-0.39, 0.29) is 45.9 Å². The number of hydrogen-bond donors (Lipinski definition) is 0. The van der Waals surface area contributed by atoms with Gasteiger partial charge in [-0.1, -0.05) is 90.1 Å². The molecule has 0 saturated carbocycles. The van der Waals surface area contributed by atoms with Crippen LogP contribution in [0.15, 0.2) is 115 Å². The second kappa shape index (κ2) is 13.6. The molecule has 10 heteroatoms. The van der Waals surface area contributed by atoms with Crippen molar-refractivity contribution in [1.82, 2.24) is 0 Å². The van der Waals surface area contributed by atoms with E-state index in [1.807, 2.05) is 65.8 Å². The lowest BCUT2D eigenvalue weighted by molar-refractivity contribution is -0.137. The smallest absolute Gasteiger partial charge is 0.312 e. The first kappa shape index (κ1) is 37.5. The average molecular weight is 730 g/mol. The topological polar surface area (TPSA) is 26.8 Å². The van der Waals surface area contributed by atoms with Crippen LogP contribution in [0.5, 0.6) is 0 Å². The molecular weight excluding hydrogens is 688 g/mol. The number of hydrogen-bond acceptors (Lipinski definition) is 3. The highest BCUT2D eigenvalue weighted by molar-refractivity contribution is 6.01. The summed E-state index contributed by atoms with van der Waals surface area (Å²) < 4.78 is 88.3. The molecule has 0 spiro atoms. The molecule has 1 amide bonds. The Morgan fingerprint density at radius 2 is 0.887 bits per heavy atom. The fourth-order valence-corrected chi connectivity index (χ4v) is 6.47. The summed E-state index contributed by atoms with van der Waals surface area (Å²) in [5, 5.41) is 0. The van der Waals surface area contributed by atoms with Gasteiger partial charge in [0.1, 0.15) is 0 Å². The van der Waals surface area contributed by atoms with Crippen LogP contribution in [0.4, 0.5) is 66.2 Å². The Morgan fingerprint density at radius 3 is 1.19 bits per heavy atom. The van der Waals surface area contributed by atoms with Crippen molar-refractivity contribution in [1.29, 1.82) is 0 Å². The molecule has 0 aliphatic carbocycles. The highest BCUT2D eigenvalue weighted by Crippen LogP contribution is 2.49. The lowest BCUT2D eigenvalue weighted by Gasteiger charge is -2.36. The average Bonchev–Trinajstić information content (AvgIpc) is 3.07. The standard InChI is InChI=1S/C43H41F6N3O/c1-40(2,3)28-15-19-30(20-16-28)51(37-13-9-7-11-35(37)42(44,45)46)33-25-32(50-24-23-39(50)53)26-34(27-33)52(31-21-17-29(18-22-31)41(4,5)6)38-14-10-8-12-36(38)43(47,48)49/h7-22,25-27H,23-24H2,1-6H3. The number of anilines is 7. The molecule has 0 N–H and O–H groups in total. The fourth-order valence-electron chi connectivity index (χ4n) is 6.47. The second-order valence-electron chi connectivity index (χ2n) is 15.3. The molecule has 6 rings (SSSR count). The zero-order valence-electron chi connectivity index (χ0n) is 30.4. The van der Waals surface area contributed by atoms with E-state index in [4.69, 9.17) is 0 Å². The van der Waals surface area contributed by atoms with E-state index in [0.717, 1.165) is 23.3 Å². The van der Waals surface area contributed by atoms with Crippen molar-refractivity contribution in [3.63, 3.8) is 0 Å². The Bertz CT molecular complexity index is 1970. The van der Waals surface area contributed by atoms with E-state index < -0.39 is 23.5 Å². The number of carbonyl (C=O) groups excluding carboxylic acids is 1. The van der Waals surface area contributed by atoms with Gasteiger partial charge in [0, 0.05) is 30.0 Å². The molecule has 5 aromatic rings. The van der Waals surface area contributed by atoms with Gasteiger partial charge in [-0.25, -0.2) is 0 Å². The predicted octanol–water partition coefficient (Wildman–Crippen LogP) is 13.0. The van der Waals surface area contributed by atoms with Gasteiger partial charge in [-0.2, -0.15) is 26.3 Å². The number of alkyl halides is 6. The van der Waals surface area contributed by atoms with Crippen molar-refractivity contribution < 1.29 is 31.1 Å². The van der Waals surface area contributed by atoms with Gasteiger partial charge in [-0.15, -0.1) is 0 Å². The maximum Gasteiger partial charge on any atom is 0.418 e. The molecule has 276 valence electrons. The number of nitrogens with zero attached hydrogens (tertiary/aromatic N) is 3. The first-order valence-corrected chi connectivity index (χ1v) is 17.3. The van der Waals surface area contributed by atoms with Crippen LogP contribution in [0.25, 0.3) is 0 Å². The number of carbonyl (C=O) groups is 1. The van der Waals surface area contributed by atoms with Crippen LogP contribution in [0.3, 0.4) is 0 Å². The number of rotatable bonds is 7. The summed E-state index contributed by atoms with van der Waals surface area (Å²) in [7, 11) is 0. The van der Waals surface area contributed by atoms with Gasteiger partial charge in [0.15, 0.2) is 0 Å². The van der Waals surface area contributed by atoms with Crippen molar-refractivity contribution in [2.45, 2.75) is 71.1 Å².